The number of aryl methyl sites for hydroxylation is 1. The van der Waals surface area contributed by atoms with E-state index >= 15 is 0 Å². The first-order valence-electron chi connectivity index (χ1n) is 6.84. The number of rotatable bonds is 6. The lowest BCUT2D eigenvalue weighted by Gasteiger charge is -2.12. The second-order valence-corrected chi connectivity index (χ2v) is 6.71. The maximum atomic E-state index is 12.2. The topological polar surface area (TPSA) is 64.6 Å². The van der Waals surface area contributed by atoms with Crippen LogP contribution >= 0.6 is 0 Å². The zero-order chi connectivity index (χ0) is 14.6. The maximum Gasteiger partial charge on any atom is 0.240 e. The third kappa shape index (κ3) is 3.71. The molecule has 1 aromatic rings. The quantitative estimate of drug-likeness (QED) is 0.868. The largest absolute Gasteiger partial charge is 0.494 e. The normalized spacial score (nSPS) is 19.2. The minimum absolute atomic E-state index is 0.272. The highest BCUT2D eigenvalue weighted by molar-refractivity contribution is 7.89. The number of nitrogens with one attached hydrogen (secondary N) is 1. The molecule has 2 rings (SSSR count). The predicted octanol–water partition coefficient (Wildman–Crippen LogP) is 1.71. The maximum absolute atomic E-state index is 12.2. The van der Waals surface area contributed by atoms with Crippen LogP contribution < -0.4 is 9.46 Å². The Balaban J connectivity index is 2.06. The van der Waals surface area contributed by atoms with E-state index in [1.807, 2.05) is 13.8 Å². The average Bonchev–Trinajstić information content (AvgIpc) is 2.92. The van der Waals surface area contributed by atoms with E-state index in [-0.39, 0.29) is 10.8 Å². The SMILES string of the molecule is CCOc1ccc(S(=O)(=O)NC[C@@H]2CCOC2)cc1C. The lowest BCUT2D eigenvalue weighted by molar-refractivity contribution is 0.186. The molecule has 5 nitrogen and oxygen atoms in total. The van der Waals surface area contributed by atoms with Crippen molar-refractivity contribution in [3.63, 3.8) is 0 Å². The van der Waals surface area contributed by atoms with Crippen molar-refractivity contribution in [3.8, 4) is 5.75 Å². The fourth-order valence-electron chi connectivity index (χ4n) is 2.16. The van der Waals surface area contributed by atoms with Crippen molar-refractivity contribution in [1.82, 2.24) is 4.72 Å². The first kappa shape index (κ1) is 15.3. The van der Waals surface area contributed by atoms with Crippen molar-refractivity contribution in [2.24, 2.45) is 5.92 Å². The Morgan fingerprint density at radius 3 is 2.85 bits per heavy atom. The molecule has 1 aliphatic rings. The van der Waals surface area contributed by atoms with E-state index in [0.717, 1.165) is 17.7 Å². The van der Waals surface area contributed by atoms with Crippen molar-refractivity contribution in [1.29, 1.82) is 0 Å². The lowest BCUT2D eigenvalue weighted by atomic mass is 10.1. The number of benzene rings is 1. The first-order chi connectivity index (χ1) is 9.53. The van der Waals surface area contributed by atoms with Crippen LogP contribution in [0.1, 0.15) is 18.9 Å². The summed E-state index contributed by atoms with van der Waals surface area (Å²) in [6.45, 7) is 6.07. The molecular weight excluding hydrogens is 278 g/mol. The molecule has 0 spiro atoms. The fraction of sp³-hybridized carbons (Fsp3) is 0.571. The van der Waals surface area contributed by atoms with E-state index in [4.69, 9.17) is 9.47 Å². The summed E-state index contributed by atoms with van der Waals surface area (Å²) in [7, 11) is -3.46. The van der Waals surface area contributed by atoms with Crippen molar-refractivity contribution in [2.45, 2.75) is 25.2 Å². The van der Waals surface area contributed by atoms with Gasteiger partial charge < -0.3 is 9.47 Å². The molecule has 1 heterocycles. The third-order valence-corrected chi connectivity index (χ3v) is 4.76. The van der Waals surface area contributed by atoms with Crippen molar-refractivity contribution < 1.29 is 17.9 Å². The van der Waals surface area contributed by atoms with Gasteiger partial charge in [0.05, 0.1) is 18.1 Å². The molecule has 1 aliphatic heterocycles. The summed E-state index contributed by atoms with van der Waals surface area (Å²) in [5, 5.41) is 0. The molecule has 0 amide bonds. The van der Waals surface area contributed by atoms with Gasteiger partial charge in [-0.05, 0) is 49.9 Å². The van der Waals surface area contributed by atoms with E-state index < -0.39 is 10.0 Å². The molecule has 6 heteroatoms. The minimum atomic E-state index is -3.46. The van der Waals surface area contributed by atoms with Gasteiger partial charge in [0, 0.05) is 13.2 Å². The smallest absolute Gasteiger partial charge is 0.240 e. The van der Waals surface area contributed by atoms with Crippen molar-refractivity contribution >= 4 is 10.0 Å². The van der Waals surface area contributed by atoms with Crippen LogP contribution in [0, 0.1) is 12.8 Å². The van der Waals surface area contributed by atoms with Crippen LogP contribution in [0.25, 0.3) is 0 Å². The molecule has 0 unspecified atom stereocenters. The van der Waals surface area contributed by atoms with Crippen LogP contribution in [0.2, 0.25) is 0 Å². The molecule has 0 aromatic heterocycles. The van der Waals surface area contributed by atoms with Crippen LogP contribution in [0.15, 0.2) is 23.1 Å². The van der Waals surface area contributed by atoms with Gasteiger partial charge in [0.25, 0.3) is 0 Å². The Labute approximate surface area is 120 Å². The van der Waals surface area contributed by atoms with Gasteiger partial charge in [-0.15, -0.1) is 0 Å². The van der Waals surface area contributed by atoms with Crippen molar-refractivity contribution in [2.75, 3.05) is 26.4 Å². The fourth-order valence-corrected chi connectivity index (χ4v) is 3.36. The molecule has 20 heavy (non-hydrogen) atoms. The van der Waals surface area contributed by atoms with Gasteiger partial charge in [-0.1, -0.05) is 0 Å². The van der Waals surface area contributed by atoms with Crippen LogP contribution in [-0.4, -0.2) is 34.8 Å². The summed E-state index contributed by atoms with van der Waals surface area (Å²) in [4.78, 5) is 0.275. The van der Waals surface area contributed by atoms with Gasteiger partial charge in [0.15, 0.2) is 0 Å². The molecule has 1 atom stereocenters. The van der Waals surface area contributed by atoms with Crippen LogP contribution in [0.5, 0.6) is 5.75 Å². The van der Waals surface area contributed by atoms with Gasteiger partial charge in [0.2, 0.25) is 10.0 Å². The van der Waals surface area contributed by atoms with E-state index in [1.54, 1.807) is 18.2 Å². The average molecular weight is 299 g/mol. The summed E-state index contributed by atoms with van der Waals surface area (Å²) < 4.78 is 37.7. The standard InChI is InChI=1S/C14H21NO4S/c1-3-19-14-5-4-13(8-11(14)2)20(16,17)15-9-12-6-7-18-10-12/h4-5,8,12,15H,3,6-7,9-10H2,1-2H3/t12-/m0/s1. The Morgan fingerprint density at radius 1 is 1.45 bits per heavy atom. The molecule has 112 valence electrons. The Morgan fingerprint density at radius 2 is 2.25 bits per heavy atom. The summed E-state index contributed by atoms with van der Waals surface area (Å²) in [5.74, 6) is 0.990. The number of hydrogen-bond donors (Lipinski definition) is 1. The van der Waals surface area contributed by atoms with Crippen LogP contribution in [-0.2, 0) is 14.8 Å². The zero-order valence-corrected chi connectivity index (χ0v) is 12.7. The van der Waals surface area contributed by atoms with E-state index in [1.165, 1.54) is 0 Å². The first-order valence-corrected chi connectivity index (χ1v) is 8.32. The van der Waals surface area contributed by atoms with Gasteiger partial charge >= 0.3 is 0 Å². The highest BCUT2D eigenvalue weighted by atomic mass is 32.2. The van der Waals surface area contributed by atoms with E-state index in [0.29, 0.717) is 26.4 Å². The van der Waals surface area contributed by atoms with Crippen LogP contribution in [0.4, 0.5) is 0 Å². The second kappa shape index (κ2) is 6.56. The number of ether oxygens (including phenoxy) is 2. The summed E-state index contributed by atoms with van der Waals surface area (Å²) in [6.07, 6.45) is 0.908. The minimum Gasteiger partial charge on any atom is -0.494 e. The molecule has 0 aliphatic carbocycles. The Bertz CT molecular complexity index is 550. The molecule has 1 saturated heterocycles. The molecule has 1 fully saturated rings. The molecule has 1 aromatic carbocycles. The zero-order valence-electron chi connectivity index (χ0n) is 11.9. The number of hydrogen-bond acceptors (Lipinski definition) is 4. The highest BCUT2D eigenvalue weighted by Gasteiger charge is 2.20. The van der Waals surface area contributed by atoms with Crippen molar-refractivity contribution in [3.05, 3.63) is 23.8 Å². The highest BCUT2D eigenvalue weighted by Crippen LogP contribution is 2.22. The summed E-state index contributed by atoms with van der Waals surface area (Å²) in [5.41, 5.74) is 0.818. The van der Waals surface area contributed by atoms with Crippen LogP contribution in [0.3, 0.4) is 0 Å². The Kier molecular flexibility index (Phi) is 5.01. The molecule has 1 N–H and O–H groups in total. The third-order valence-electron chi connectivity index (χ3n) is 3.34. The van der Waals surface area contributed by atoms with Gasteiger partial charge in [0.1, 0.15) is 5.75 Å². The van der Waals surface area contributed by atoms with E-state index in [2.05, 4.69) is 4.72 Å². The van der Waals surface area contributed by atoms with Gasteiger partial charge in [-0.25, -0.2) is 13.1 Å². The van der Waals surface area contributed by atoms with Gasteiger partial charge in [-0.2, -0.15) is 0 Å². The molecular formula is C14H21NO4S. The molecule has 0 bridgehead atoms. The lowest BCUT2D eigenvalue weighted by Crippen LogP contribution is -2.29. The Hall–Kier alpha value is -1.11. The molecule has 0 radical (unpaired) electrons. The predicted molar refractivity (Wildman–Crippen MR) is 76.5 cm³/mol. The summed E-state index contributed by atoms with van der Waals surface area (Å²) in [6, 6.07) is 4.91. The summed E-state index contributed by atoms with van der Waals surface area (Å²) >= 11 is 0. The molecule has 0 saturated carbocycles. The van der Waals surface area contributed by atoms with Gasteiger partial charge in [-0.3, -0.25) is 0 Å². The second-order valence-electron chi connectivity index (χ2n) is 4.94. The van der Waals surface area contributed by atoms with E-state index in [9.17, 15) is 8.42 Å². The number of sulfonamides is 1. The monoisotopic (exact) mass is 299 g/mol.